The van der Waals surface area contributed by atoms with Gasteiger partial charge in [0, 0.05) is 25.6 Å². The zero-order chi connectivity index (χ0) is 14.0. The second-order valence-corrected chi connectivity index (χ2v) is 6.19. The second kappa shape index (κ2) is 5.54. The minimum absolute atomic E-state index is 0.0548. The molecule has 1 amide bonds. The van der Waals surface area contributed by atoms with E-state index in [1.165, 1.54) is 0 Å². The molecule has 1 aliphatic rings. The summed E-state index contributed by atoms with van der Waals surface area (Å²) in [6.07, 6.45) is 2.83. The molecule has 0 radical (unpaired) electrons. The van der Waals surface area contributed by atoms with E-state index in [9.17, 15) is 4.79 Å². The maximum Gasteiger partial charge on any atom is 0.404 e. The molecule has 7 heteroatoms. The highest BCUT2D eigenvalue weighted by Crippen LogP contribution is 2.46. The van der Waals surface area contributed by atoms with Gasteiger partial charge in [-0.3, -0.25) is 0 Å². The first kappa shape index (κ1) is 14.4. The van der Waals surface area contributed by atoms with E-state index in [0.29, 0.717) is 11.7 Å². The lowest BCUT2D eigenvalue weighted by atomic mass is 10.1. The van der Waals surface area contributed by atoms with Crippen LogP contribution in [0.3, 0.4) is 0 Å². The monoisotopic (exact) mass is 347 g/mol. The van der Waals surface area contributed by atoms with Crippen LogP contribution in [0.1, 0.15) is 12.8 Å². The number of carboxylic acid groups (broad SMARTS) is 1. The number of hydrogen-bond donors (Lipinski definition) is 2. The van der Waals surface area contributed by atoms with Crippen LogP contribution in [-0.2, 0) is 0 Å². The summed E-state index contributed by atoms with van der Waals surface area (Å²) in [6, 6.07) is 1.91. The lowest BCUT2D eigenvalue weighted by molar-refractivity contribution is 0.191. The molecule has 0 spiro atoms. The molecule has 1 heterocycles. The van der Waals surface area contributed by atoms with Gasteiger partial charge in [0.15, 0.2) is 0 Å². The van der Waals surface area contributed by atoms with Gasteiger partial charge >= 0.3 is 6.09 Å². The summed E-state index contributed by atoms with van der Waals surface area (Å²) in [5, 5.41) is 11.6. The SMILES string of the molecule is CN(CC1(CNC(=O)O)CC1)c1cnc(Cl)c(Br)c1. The van der Waals surface area contributed by atoms with E-state index in [4.69, 9.17) is 16.7 Å². The van der Waals surface area contributed by atoms with Gasteiger partial charge in [0.1, 0.15) is 5.15 Å². The number of rotatable bonds is 5. The number of amides is 1. The van der Waals surface area contributed by atoms with E-state index in [0.717, 1.165) is 29.5 Å². The predicted molar refractivity (Wildman–Crippen MR) is 77.9 cm³/mol. The zero-order valence-electron chi connectivity index (χ0n) is 10.5. The third-order valence-corrected chi connectivity index (χ3v) is 4.50. The maximum absolute atomic E-state index is 10.6. The average Bonchev–Trinajstić information content (AvgIpc) is 3.10. The van der Waals surface area contributed by atoms with Crippen LogP contribution in [0.2, 0.25) is 5.15 Å². The van der Waals surface area contributed by atoms with Crippen molar-refractivity contribution in [1.82, 2.24) is 10.3 Å². The second-order valence-electron chi connectivity index (χ2n) is 4.98. The highest BCUT2D eigenvalue weighted by Gasteiger charge is 2.43. The van der Waals surface area contributed by atoms with Crippen LogP contribution in [0.15, 0.2) is 16.7 Å². The normalized spacial score (nSPS) is 15.9. The maximum atomic E-state index is 10.6. The highest BCUT2D eigenvalue weighted by atomic mass is 79.9. The van der Waals surface area contributed by atoms with Crippen molar-refractivity contribution in [3.8, 4) is 0 Å². The first-order valence-corrected chi connectivity index (χ1v) is 7.08. The smallest absolute Gasteiger partial charge is 0.404 e. The fraction of sp³-hybridized carbons (Fsp3) is 0.500. The molecule has 104 valence electrons. The summed E-state index contributed by atoms with van der Waals surface area (Å²) in [6.45, 7) is 1.29. The van der Waals surface area contributed by atoms with Crippen LogP contribution < -0.4 is 10.2 Å². The number of anilines is 1. The summed E-state index contributed by atoms with van der Waals surface area (Å²) in [5.74, 6) is 0. The van der Waals surface area contributed by atoms with Crippen molar-refractivity contribution in [2.24, 2.45) is 5.41 Å². The molecule has 0 atom stereocenters. The summed E-state index contributed by atoms with van der Waals surface area (Å²) < 4.78 is 0.757. The van der Waals surface area contributed by atoms with Crippen LogP contribution >= 0.6 is 27.5 Å². The Bertz CT molecular complexity index is 494. The van der Waals surface area contributed by atoms with Crippen LogP contribution in [0.4, 0.5) is 10.5 Å². The highest BCUT2D eigenvalue weighted by molar-refractivity contribution is 9.10. The van der Waals surface area contributed by atoms with E-state index < -0.39 is 6.09 Å². The molecule has 1 aliphatic carbocycles. The fourth-order valence-corrected chi connectivity index (χ4v) is 2.49. The molecule has 5 nitrogen and oxygen atoms in total. The van der Waals surface area contributed by atoms with Crippen LogP contribution in [0.5, 0.6) is 0 Å². The number of hydrogen-bond acceptors (Lipinski definition) is 3. The van der Waals surface area contributed by atoms with Gasteiger partial charge in [-0.1, -0.05) is 11.6 Å². The topological polar surface area (TPSA) is 65.5 Å². The zero-order valence-corrected chi connectivity index (χ0v) is 12.8. The molecule has 0 unspecified atom stereocenters. The largest absolute Gasteiger partial charge is 0.465 e. The third kappa shape index (κ3) is 3.73. The van der Waals surface area contributed by atoms with Crippen molar-refractivity contribution >= 4 is 39.3 Å². The Hall–Kier alpha value is -1.01. The molecule has 0 bridgehead atoms. The summed E-state index contributed by atoms with van der Waals surface area (Å²) in [4.78, 5) is 16.7. The predicted octanol–water partition coefficient (Wildman–Crippen LogP) is 2.98. The van der Waals surface area contributed by atoms with Crippen molar-refractivity contribution in [2.75, 3.05) is 25.0 Å². The molecule has 0 saturated heterocycles. The van der Waals surface area contributed by atoms with E-state index in [1.807, 2.05) is 13.1 Å². The van der Waals surface area contributed by atoms with Gasteiger partial charge in [0.2, 0.25) is 0 Å². The van der Waals surface area contributed by atoms with Gasteiger partial charge in [-0.15, -0.1) is 0 Å². The van der Waals surface area contributed by atoms with E-state index in [1.54, 1.807) is 6.20 Å². The first-order chi connectivity index (χ1) is 8.92. The Labute approximate surface area is 125 Å². The standard InChI is InChI=1S/C12H15BrClN3O2/c1-17(8-4-9(13)10(14)15-5-8)7-12(2-3-12)6-16-11(18)19/h4-5,16H,2-3,6-7H2,1H3,(H,18,19). The minimum atomic E-state index is -0.968. The summed E-state index contributed by atoms with van der Waals surface area (Å²) in [5.41, 5.74) is 1.01. The minimum Gasteiger partial charge on any atom is -0.465 e. The van der Waals surface area contributed by atoms with Crippen LogP contribution in [-0.4, -0.2) is 36.3 Å². The molecule has 19 heavy (non-hydrogen) atoms. The van der Waals surface area contributed by atoms with Gasteiger partial charge in [0.25, 0.3) is 0 Å². The van der Waals surface area contributed by atoms with Crippen molar-refractivity contribution in [1.29, 1.82) is 0 Å². The van der Waals surface area contributed by atoms with Crippen LogP contribution in [0, 0.1) is 5.41 Å². The van der Waals surface area contributed by atoms with Crippen molar-refractivity contribution in [3.63, 3.8) is 0 Å². The number of aromatic nitrogens is 1. The van der Waals surface area contributed by atoms with E-state index in [2.05, 4.69) is 31.1 Å². The van der Waals surface area contributed by atoms with Gasteiger partial charge in [0.05, 0.1) is 16.4 Å². The van der Waals surface area contributed by atoms with E-state index in [-0.39, 0.29) is 5.41 Å². The van der Waals surface area contributed by atoms with Gasteiger partial charge in [-0.2, -0.15) is 0 Å². The van der Waals surface area contributed by atoms with E-state index >= 15 is 0 Å². The van der Waals surface area contributed by atoms with Crippen molar-refractivity contribution in [2.45, 2.75) is 12.8 Å². The molecule has 1 saturated carbocycles. The molecule has 0 aliphatic heterocycles. The Morgan fingerprint density at radius 2 is 2.37 bits per heavy atom. The Kier molecular flexibility index (Phi) is 4.20. The van der Waals surface area contributed by atoms with Gasteiger partial charge in [-0.05, 0) is 34.8 Å². The number of carbonyl (C=O) groups is 1. The lowest BCUT2D eigenvalue weighted by Crippen LogP contribution is -2.36. The number of pyridine rings is 1. The first-order valence-electron chi connectivity index (χ1n) is 5.91. The average molecular weight is 349 g/mol. The number of halogens is 2. The molecular weight excluding hydrogens is 334 g/mol. The Morgan fingerprint density at radius 3 is 2.89 bits per heavy atom. The number of nitrogens with one attached hydrogen (secondary N) is 1. The number of nitrogens with zero attached hydrogens (tertiary/aromatic N) is 2. The molecule has 1 aromatic heterocycles. The Morgan fingerprint density at radius 1 is 1.68 bits per heavy atom. The quantitative estimate of drug-likeness (QED) is 0.803. The van der Waals surface area contributed by atoms with Crippen LogP contribution in [0.25, 0.3) is 0 Å². The van der Waals surface area contributed by atoms with Gasteiger partial charge in [-0.25, -0.2) is 9.78 Å². The molecular formula is C12H15BrClN3O2. The molecule has 2 N–H and O–H groups in total. The van der Waals surface area contributed by atoms with Crippen molar-refractivity contribution < 1.29 is 9.90 Å². The van der Waals surface area contributed by atoms with Gasteiger partial charge < -0.3 is 15.3 Å². The Balaban J connectivity index is 1.98. The summed E-state index contributed by atoms with van der Waals surface area (Å²) >= 11 is 9.21. The fourth-order valence-electron chi connectivity index (χ4n) is 2.04. The third-order valence-electron chi connectivity index (χ3n) is 3.37. The lowest BCUT2D eigenvalue weighted by Gasteiger charge is -2.25. The molecule has 1 fully saturated rings. The molecule has 1 aromatic rings. The molecule has 0 aromatic carbocycles. The molecule has 2 rings (SSSR count). The van der Waals surface area contributed by atoms with Crippen molar-refractivity contribution in [3.05, 3.63) is 21.9 Å². The summed E-state index contributed by atoms with van der Waals surface area (Å²) in [7, 11) is 1.97.